The number of halogens is 2. The Balaban J connectivity index is 2.79. The third kappa shape index (κ3) is 4.16. The van der Waals surface area contributed by atoms with Gasteiger partial charge in [0.2, 0.25) is 0 Å². The van der Waals surface area contributed by atoms with E-state index in [9.17, 15) is 9.90 Å². The Hall–Kier alpha value is -0.770. The SMILES string of the molecule is CCOC(=O)CCC(C)(O)c1cc(Cl)ccc1Cl. The maximum absolute atomic E-state index is 11.3. The van der Waals surface area contributed by atoms with E-state index >= 15 is 0 Å². The largest absolute Gasteiger partial charge is 0.466 e. The van der Waals surface area contributed by atoms with Gasteiger partial charge in [0, 0.05) is 22.0 Å². The quantitative estimate of drug-likeness (QED) is 0.844. The maximum atomic E-state index is 11.3. The van der Waals surface area contributed by atoms with Crippen molar-refractivity contribution in [2.45, 2.75) is 32.3 Å². The number of esters is 1. The van der Waals surface area contributed by atoms with Crippen molar-refractivity contribution in [1.29, 1.82) is 0 Å². The standard InChI is InChI=1S/C13H16Cl2O3/c1-3-18-12(16)6-7-13(2,17)10-8-9(14)4-5-11(10)15/h4-5,8,17H,3,6-7H2,1-2H3. The average Bonchev–Trinajstić information content (AvgIpc) is 2.30. The molecule has 0 saturated carbocycles. The van der Waals surface area contributed by atoms with Gasteiger partial charge in [-0.3, -0.25) is 4.79 Å². The molecule has 1 atom stereocenters. The zero-order valence-electron chi connectivity index (χ0n) is 10.4. The summed E-state index contributed by atoms with van der Waals surface area (Å²) in [5.41, 5.74) is -0.699. The summed E-state index contributed by atoms with van der Waals surface area (Å²) in [4.78, 5) is 11.3. The monoisotopic (exact) mass is 290 g/mol. The van der Waals surface area contributed by atoms with Crippen molar-refractivity contribution in [2.24, 2.45) is 0 Å². The topological polar surface area (TPSA) is 46.5 Å². The number of ether oxygens (including phenoxy) is 1. The highest BCUT2D eigenvalue weighted by Gasteiger charge is 2.27. The van der Waals surface area contributed by atoms with Gasteiger partial charge in [-0.15, -0.1) is 0 Å². The van der Waals surface area contributed by atoms with Crippen molar-refractivity contribution < 1.29 is 14.6 Å². The first-order chi connectivity index (χ1) is 8.36. The molecule has 1 unspecified atom stereocenters. The van der Waals surface area contributed by atoms with Gasteiger partial charge in [0.1, 0.15) is 0 Å². The highest BCUT2D eigenvalue weighted by molar-refractivity contribution is 6.33. The second-order valence-electron chi connectivity index (χ2n) is 4.20. The molecule has 0 aliphatic carbocycles. The van der Waals surface area contributed by atoms with Crippen molar-refractivity contribution in [2.75, 3.05) is 6.61 Å². The Morgan fingerprint density at radius 3 is 2.72 bits per heavy atom. The van der Waals surface area contributed by atoms with E-state index in [2.05, 4.69) is 0 Å². The predicted molar refractivity (Wildman–Crippen MR) is 71.9 cm³/mol. The first-order valence-corrected chi connectivity index (χ1v) is 6.46. The highest BCUT2D eigenvalue weighted by Crippen LogP contribution is 2.33. The second-order valence-corrected chi connectivity index (χ2v) is 5.05. The number of carbonyl (C=O) groups excluding carboxylic acids is 1. The lowest BCUT2D eigenvalue weighted by Crippen LogP contribution is -2.23. The van der Waals surface area contributed by atoms with E-state index in [1.807, 2.05) is 0 Å². The minimum absolute atomic E-state index is 0.129. The molecule has 0 aromatic heterocycles. The Morgan fingerprint density at radius 1 is 1.44 bits per heavy atom. The Morgan fingerprint density at radius 2 is 2.11 bits per heavy atom. The molecule has 0 spiro atoms. The summed E-state index contributed by atoms with van der Waals surface area (Å²) in [6.07, 6.45) is 0.357. The minimum atomic E-state index is -1.21. The van der Waals surface area contributed by atoms with E-state index in [0.717, 1.165) is 0 Å². The lowest BCUT2D eigenvalue weighted by atomic mass is 9.91. The van der Waals surface area contributed by atoms with Gasteiger partial charge >= 0.3 is 5.97 Å². The zero-order chi connectivity index (χ0) is 13.8. The molecule has 1 aromatic carbocycles. The predicted octanol–water partition coefficient (Wildman–Crippen LogP) is 3.54. The lowest BCUT2D eigenvalue weighted by molar-refractivity contribution is -0.144. The summed E-state index contributed by atoms with van der Waals surface area (Å²) in [5.74, 6) is -0.337. The number of hydrogen-bond donors (Lipinski definition) is 1. The Kier molecular flexibility index (Phi) is 5.45. The molecule has 1 rings (SSSR count). The van der Waals surface area contributed by atoms with Crippen LogP contribution in [-0.2, 0) is 15.1 Å². The minimum Gasteiger partial charge on any atom is -0.466 e. The first kappa shape index (κ1) is 15.3. The molecule has 0 aliphatic heterocycles. The molecule has 0 heterocycles. The molecule has 0 amide bonds. The van der Waals surface area contributed by atoms with Crippen molar-refractivity contribution in [3.63, 3.8) is 0 Å². The number of aliphatic hydroxyl groups is 1. The molecule has 1 N–H and O–H groups in total. The third-order valence-electron chi connectivity index (χ3n) is 2.63. The van der Waals surface area contributed by atoms with Gasteiger partial charge < -0.3 is 9.84 Å². The molecule has 18 heavy (non-hydrogen) atoms. The smallest absolute Gasteiger partial charge is 0.305 e. The van der Waals surface area contributed by atoms with Crippen LogP contribution < -0.4 is 0 Å². The van der Waals surface area contributed by atoms with Crippen LogP contribution in [0, 0.1) is 0 Å². The molecule has 0 radical (unpaired) electrons. The fourth-order valence-corrected chi connectivity index (χ4v) is 2.12. The van der Waals surface area contributed by atoms with E-state index in [-0.39, 0.29) is 18.8 Å². The Bertz CT molecular complexity index is 430. The van der Waals surface area contributed by atoms with Gasteiger partial charge in [-0.2, -0.15) is 0 Å². The summed E-state index contributed by atoms with van der Waals surface area (Å²) in [5, 5.41) is 11.3. The van der Waals surface area contributed by atoms with Crippen LogP contribution in [0.1, 0.15) is 32.3 Å². The van der Waals surface area contributed by atoms with E-state index in [0.29, 0.717) is 22.2 Å². The van der Waals surface area contributed by atoms with Crippen LogP contribution in [-0.4, -0.2) is 17.7 Å². The van der Waals surface area contributed by atoms with Crippen molar-refractivity contribution in [1.82, 2.24) is 0 Å². The van der Waals surface area contributed by atoms with Gasteiger partial charge in [-0.1, -0.05) is 23.2 Å². The highest BCUT2D eigenvalue weighted by atomic mass is 35.5. The van der Waals surface area contributed by atoms with Gasteiger partial charge in [-0.05, 0) is 38.5 Å². The number of hydrogen-bond acceptors (Lipinski definition) is 3. The van der Waals surface area contributed by atoms with Crippen LogP contribution >= 0.6 is 23.2 Å². The number of carbonyl (C=O) groups is 1. The lowest BCUT2D eigenvalue weighted by Gasteiger charge is -2.24. The molecule has 3 nitrogen and oxygen atoms in total. The fourth-order valence-electron chi connectivity index (χ4n) is 1.62. The van der Waals surface area contributed by atoms with Crippen LogP contribution in [0.4, 0.5) is 0 Å². The van der Waals surface area contributed by atoms with Gasteiger partial charge in [0.05, 0.1) is 12.2 Å². The summed E-state index contributed by atoms with van der Waals surface area (Å²) in [6, 6.07) is 4.88. The van der Waals surface area contributed by atoms with Gasteiger partial charge in [0.25, 0.3) is 0 Å². The number of rotatable bonds is 5. The maximum Gasteiger partial charge on any atom is 0.305 e. The normalized spacial score (nSPS) is 14.1. The molecular weight excluding hydrogens is 275 g/mol. The number of benzene rings is 1. The van der Waals surface area contributed by atoms with Crippen molar-refractivity contribution in [3.05, 3.63) is 33.8 Å². The van der Waals surface area contributed by atoms with Crippen molar-refractivity contribution in [3.8, 4) is 0 Å². The average molecular weight is 291 g/mol. The van der Waals surface area contributed by atoms with E-state index in [4.69, 9.17) is 27.9 Å². The van der Waals surface area contributed by atoms with E-state index < -0.39 is 5.60 Å². The molecule has 0 fully saturated rings. The van der Waals surface area contributed by atoms with Crippen LogP contribution in [0.15, 0.2) is 18.2 Å². The molecule has 1 aromatic rings. The summed E-state index contributed by atoms with van der Waals surface area (Å²) in [7, 11) is 0. The fraction of sp³-hybridized carbons (Fsp3) is 0.462. The van der Waals surface area contributed by atoms with Gasteiger partial charge in [-0.25, -0.2) is 0 Å². The summed E-state index contributed by atoms with van der Waals surface area (Å²) < 4.78 is 4.82. The van der Waals surface area contributed by atoms with Crippen LogP contribution in [0.2, 0.25) is 10.0 Å². The zero-order valence-corrected chi connectivity index (χ0v) is 11.9. The van der Waals surface area contributed by atoms with Crippen molar-refractivity contribution >= 4 is 29.2 Å². The molecule has 100 valence electrons. The van der Waals surface area contributed by atoms with Crippen LogP contribution in [0.3, 0.4) is 0 Å². The van der Waals surface area contributed by atoms with E-state index in [1.165, 1.54) is 0 Å². The molecule has 0 aliphatic rings. The molecule has 0 saturated heterocycles. The first-order valence-electron chi connectivity index (χ1n) is 5.70. The van der Waals surface area contributed by atoms with Gasteiger partial charge in [0.15, 0.2) is 0 Å². The molecule has 0 bridgehead atoms. The van der Waals surface area contributed by atoms with Crippen LogP contribution in [0.25, 0.3) is 0 Å². The third-order valence-corrected chi connectivity index (χ3v) is 3.19. The second kappa shape index (κ2) is 6.41. The molecule has 5 heteroatoms. The van der Waals surface area contributed by atoms with Crippen LogP contribution in [0.5, 0.6) is 0 Å². The Labute approximate surface area is 117 Å². The molecular formula is C13H16Cl2O3. The summed E-state index contributed by atoms with van der Waals surface area (Å²) >= 11 is 11.9. The summed E-state index contributed by atoms with van der Waals surface area (Å²) in [6.45, 7) is 3.67. The van der Waals surface area contributed by atoms with E-state index in [1.54, 1.807) is 32.0 Å².